The standard InChI is InChI=1S/C13H16N2O2/c1-8-5-9(2)7-10(6-8)15-12(17)13(3-4-13)11(14)16/h5-7H,3-4H2,1-2H3,(H2,14,16)(H,15,17). The summed E-state index contributed by atoms with van der Waals surface area (Å²) >= 11 is 0. The molecule has 1 aliphatic rings. The van der Waals surface area contributed by atoms with E-state index in [9.17, 15) is 9.59 Å². The monoisotopic (exact) mass is 232 g/mol. The van der Waals surface area contributed by atoms with Crippen LogP contribution in [0.15, 0.2) is 18.2 Å². The number of rotatable bonds is 3. The number of hydrogen-bond acceptors (Lipinski definition) is 2. The van der Waals surface area contributed by atoms with Gasteiger partial charge in [-0.25, -0.2) is 0 Å². The van der Waals surface area contributed by atoms with Gasteiger partial charge in [0.25, 0.3) is 0 Å². The Kier molecular flexibility index (Phi) is 2.65. The van der Waals surface area contributed by atoms with Crippen LogP contribution >= 0.6 is 0 Å². The first-order chi connectivity index (χ1) is 7.94. The van der Waals surface area contributed by atoms with Crippen molar-refractivity contribution in [2.75, 3.05) is 5.32 Å². The maximum absolute atomic E-state index is 11.9. The van der Waals surface area contributed by atoms with Gasteiger partial charge in [-0.1, -0.05) is 6.07 Å². The highest BCUT2D eigenvalue weighted by Crippen LogP contribution is 2.46. The topological polar surface area (TPSA) is 72.2 Å². The van der Waals surface area contributed by atoms with Crippen LogP contribution < -0.4 is 11.1 Å². The van der Waals surface area contributed by atoms with Crippen LogP contribution in [0.2, 0.25) is 0 Å². The van der Waals surface area contributed by atoms with Gasteiger partial charge in [0.1, 0.15) is 5.41 Å². The normalized spacial score (nSPS) is 16.4. The fourth-order valence-corrected chi connectivity index (χ4v) is 2.01. The van der Waals surface area contributed by atoms with Crippen molar-refractivity contribution in [2.45, 2.75) is 26.7 Å². The maximum atomic E-state index is 11.9. The van der Waals surface area contributed by atoms with Crippen molar-refractivity contribution in [3.8, 4) is 0 Å². The molecule has 3 N–H and O–H groups in total. The number of nitrogens with one attached hydrogen (secondary N) is 1. The Hall–Kier alpha value is -1.84. The predicted molar refractivity (Wildman–Crippen MR) is 65.4 cm³/mol. The lowest BCUT2D eigenvalue weighted by atomic mass is 10.1. The third-order valence-corrected chi connectivity index (χ3v) is 3.14. The number of carbonyl (C=O) groups is 2. The molecule has 2 amide bonds. The molecular formula is C13H16N2O2. The third-order valence-electron chi connectivity index (χ3n) is 3.14. The van der Waals surface area contributed by atoms with E-state index in [0.29, 0.717) is 12.8 Å². The van der Waals surface area contributed by atoms with Crippen LogP contribution in [0.4, 0.5) is 5.69 Å². The molecule has 1 saturated carbocycles. The van der Waals surface area contributed by atoms with E-state index in [1.165, 1.54) is 0 Å². The Morgan fingerprint density at radius 3 is 2.12 bits per heavy atom. The lowest BCUT2D eigenvalue weighted by Gasteiger charge is -2.12. The van der Waals surface area contributed by atoms with Crippen LogP contribution in [0.25, 0.3) is 0 Å². The van der Waals surface area contributed by atoms with Gasteiger partial charge in [-0.15, -0.1) is 0 Å². The zero-order valence-corrected chi connectivity index (χ0v) is 10.0. The Bertz CT molecular complexity index is 470. The van der Waals surface area contributed by atoms with Gasteiger partial charge in [0.2, 0.25) is 11.8 Å². The van der Waals surface area contributed by atoms with Crippen LogP contribution in [0.1, 0.15) is 24.0 Å². The SMILES string of the molecule is Cc1cc(C)cc(NC(=O)C2(C(N)=O)CC2)c1. The molecule has 0 spiro atoms. The molecular weight excluding hydrogens is 216 g/mol. The van der Waals surface area contributed by atoms with E-state index in [1.807, 2.05) is 32.0 Å². The zero-order chi connectivity index (χ0) is 12.6. The van der Waals surface area contributed by atoms with E-state index in [4.69, 9.17) is 5.73 Å². The van der Waals surface area contributed by atoms with Crippen LogP contribution in [0.5, 0.6) is 0 Å². The van der Waals surface area contributed by atoms with Gasteiger partial charge in [-0.2, -0.15) is 0 Å². The largest absolute Gasteiger partial charge is 0.369 e. The van der Waals surface area contributed by atoms with Crippen LogP contribution in [-0.2, 0) is 9.59 Å². The molecule has 1 aliphatic carbocycles. The molecule has 17 heavy (non-hydrogen) atoms. The van der Waals surface area contributed by atoms with Crippen LogP contribution in [0, 0.1) is 19.3 Å². The summed E-state index contributed by atoms with van der Waals surface area (Å²) in [6.45, 7) is 3.92. The van der Waals surface area contributed by atoms with E-state index >= 15 is 0 Å². The molecule has 0 aromatic heterocycles. The summed E-state index contributed by atoms with van der Waals surface area (Å²) in [5.41, 5.74) is 7.16. The highest BCUT2D eigenvalue weighted by atomic mass is 16.2. The molecule has 90 valence electrons. The first-order valence-corrected chi connectivity index (χ1v) is 5.64. The quantitative estimate of drug-likeness (QED) is 0.775. The molecule has 2 rings (SSSR count). The predicted octanol–water partition coefficient (Wildman–Crippen LogP) is 1.51. The van der Waals surface area contributed by atoms with Gasteiger partial charge in [0, 0.05) is 5.69 Å². The molecule has 0 atom stereocenters. The van der Waals surface area contributed by atoms with Crippen molar-refractivity contribution in [1.29, 1.82) is 0 Å². The van der Waals surface area contributed by atoms with E-state index in [0.717, 1.165) is 16.8 Å². The highest BCUT2D eigenvalue weighted by molar-refractivity contribution is 6.12. The van der Waals surface area contributed by atoms with Crippen molar-refractivity contribution in [2.24, 2.45) is 11.1 Å². The Labute approximate surface area is 100 Å². The minimum atomic E-state index is -0.961. The van der Waals surface area contributed by atoms with E-state index in [2.05, 4.69) is 5.32 Å². The van der Waals surface area contributed by atoms with Gasteiger partial charge in [0.05, 0.1) is 0 Å². The van der Waals surface area contributed by atoms with Crippen molar-refractivity contribution < 1.29 is 9.59 Å². The summed E-state index contributed by atoms with van der Waals surface area (Å²) in [6.07, 6.45) is 1.11. The molecule has 1 aromatic rings. The summed E-state index contributed by atoms with van der Waals surface area (Å²) in [6, 6.07) is 5.78. The van der Waals surface area contributed by atoms with E-state index < -0.39 is 11.3 Å². The number of hydrogen-bond donors (Lipinski definition) is 2. The van der Waals surface area contributed by atoms with Gasteiger partial charge < -0.3 is 11.1 Å². The average molecular weight is 232 g/mol. The number of primary amides is 1. The zero-order valence-electron chi connectivity index (χ0n) is 10.0. The van der Waals surface area contributed by atoms with Gasteiger partial charge in [-0.3, -0.25) is 9.59 Å². The summed E-state index contributed by atoms with van der Waals surface area (Å²) < 4.78 is 0. The number of aryl methyl sites for hydroxylation is 2. The average Bonchev–Trinajstić information content (AvgIpc) is 2.95. The van der Waals surface area contributed by atoms with Gasteiger partial charge in [-0.05, 0) is 49.9 Å². The van der Waals surface area contributed by atoms with Crippen molar-refractivity contribution in [1.82, 2.24) is 0 Å². The molecule has 1 aromatic carbocycles. The minimum absolute atomic E-state index is 0.282. The fourth-order valence-electron chi connectivity index (χ4n) is 2.01. The smallest absolute Gasteiger partial charge is 0.240 e. The van der Waals surface area contributed by atoms with Crippen molar-refractivity contribution in [3.05, 3.63) is 29.3 Å². The summed E-state index contributed by atoms with van der Waals surface area (Å²) in [4.78, 5) is 23.2. The Balaban J connectivity index is 2.16. The molecule has 0 bridgehead atoms. The number of anilines is 1. The lowest BCUT2D eigenvalue weighted by molar-refractivity contribution is -0.132. The third kappa shape index (κ3) is 2.16. The summed E-state index contributed by atoms with van der Waals surface area (Å²) in [7, 11) is 0. The molecule has 4 nitrogen and oxygen atoms in total. The van der Waals surface area contributed by atoms with Crippen molar-refractivity contribution >= 4 is 17.5 Å². The van der Waals surface area contributed by atoms with E-state index in [1.54, 1.807) is 0 Å². The maximum Gasteiger partial charge on any atom is 0.240 e. The lowest BCUT2D eigenvalue weighted by Crippen LogP contribution is -2.36. The first kappa shape index (κ1) is 11.6. The second kappa shape index (κ2) is 3.87. The number of carbonyl (C=O) groups excluding carboxylic acids is 2. The number of amides is 2. The Morgan fingerprint density at radius 1 is 1.18 bits per heavy atom. The van der Waals surface area contributed by atoms with Gasteiger partial charge >= 0.3 is 0 Å². The van der Waals surface area contributed by atoms with Gasteiger partial charge in [0.15, 0.2) is 0 Å². The van der Waals surface area contributed by atoms with Crippen LogP contribution in [0.3, 0.4) is 0 Å². The molecule has 0 saturated heterocycles. The molecule has 0 aliphatic heterocycles. The number of nitrogens with two attached hydrogens (primary N) is 1. The molecule has 0 unspecified atom stereocenters. The molecule has 0 heterocycles. The minimum Gasteiger partial charge on any atom is -0.369 e. The Morgan fingerprint density at radius 2 is 1.71 bits per heavy atom. The first-order valence-electron chi connectivity index (χ1n) is 5.64. The second-order valence-electron chi connectivity index (χ2n) is 4.78. The van der Waals surface area contributed by atoms with Crippen LogP contribution in [-0.4, -0.2) is 11.8 Å². The fraction of sp³-hybridized carbons (Fsp3) is 0.385. The highest BCUT2D eigenvalue weighted by Gasteiger charge is 2.55. The van der Waals surface area contributed by atoms with E-state index in [-0.39, 0.29) is 5.91 Å². The van der Waals surface area contributed by atoms with Crippen molar-refractivity contribution in [3.63, 3.8) is 0 Å². The summed E-state index contributed by atoms with van der Waals surface area (Å²) in [5, 5.41) is 2.77. The molecule has 4 heteroatoms. The second-order valence-corrected chi connectivity index (χ2v) is 4.78. The summed E-state index contributed by atoms with van der Waals surface area (Å²) in [5.74, 6) is -0.811. The number of benzene rings is 1. The molecule has 1 fully saturated rings. The molecule has 0 radical (unpaired) electrons.